The van der Waals surface area contributed by atoms with E-state index in [0.717, 1.165) is 23.3 Å². The molecule has 0 bridgehead atoms. The fraction of sp³-hybridized carbons (Fsp3) is 0.171. The van der Waals surface area contributed by atoms with E-state index in [1.165, 1.54) is 18.3 Å². The van der Waals surface area contributed by atoms with Crippen LogP contribution in [-0.2, 0) is 30.9 Å². The summed E-state index contributed by atoms with van der Waals surface area (Å²) < 4.78 is 58.0. The van der Waals surface area contributed by atoms with Gasteiger partial charge in [-0.1, -0.05) is 30.3 Å². The molecule has 0 saturated carbocycles. The predicted molar refractivity (Wildman–Crippen MR) is 166 cm³/mol. The number of H-pyrrole nitrogens is 1. The zero-order valence-electron chi connectivity index (χ0n) is 24.8. The van der Waals surface area contributed by atoms with Gasteiger partial charge in [0.05, 0.1) is 29.9 Å². The highest BCUT2D eigenvalue weighted by Gasteiger charge is 2.19. The Hall–Kier alpha value is -5.26. The molecule has 234 valence electrons. The zero-order chi connectivity index (χ0) is 32.2. The van der Waals surface area contributed by atoms with Crippen molar-refractivity contribution in [2.45, 2.75) is 33.1 Å². The summed E-state index contributed by atoms with van der Waals surface area (Å²) in [6, 6.07) is 20.5. The molecular formula is C35H29F3N4O4. The number of aliphatic hydroxyl groups excluding tert-OH is 1. The average Bonchev–Trinajstić information content (AvgIpc) is 3.38. The number of pyridine rings is 2. The van der Waals surface area contributed by atoms with Crippen molar-refractivity contribution in [2.75, 3.05) is 6.79 Å². The summed E-state index contributed by atoms with van der Waals surface area (Å²) in [5.41, 5.74) is 3.48. The van der Waals surface area contributed by atoms with E-state index in [-0.39, 0.29) is 54.4 Å². The largest absolute Gasteiger partial charge is 0.473 e. The first kappa shape index (κ1) is 30.8. The highest BCUT2D eigenvalue weighted by atomic mass is 19.1. The van der Waals surface area contributed by atoms with Crippen LogP contribution < -0.4 is 10.3 Å². The molecule has 2 N–H and O–H groups in total. The molecule has 46 heavy (non-hydrogen) atoms. The van der Waals surface area contributed by atoms with Crippen LogP contribution in [0.25, 0.3) is 22.3 Å². The number of halogens is 3. The highest BCUT2D eigenvalue weighted by molar-refractivity contribution is 5.77. The van der Waals surface area contributed by atoms with Gasteiger partial charge in [0, 0.05) is 35.4 Å². The quantitative estimate of drug-likeness (QED) is 0.166. The van der Waals surface area contributed by atoms with Crippen LogP contribution in [0.2, 0.25) is 0 Å². The van der Waals surface area contributed by atoms with Crippen LogP contribution in [0.5, 0.6) is 5.88 Å². The first-order valence-corrected chi connectivity index (χ1v) is 14.5. The molecule has 3 aromatic carbocycles. The van der Waals surface area contributed by atoms with Crippen LogP contribution in [0.3, 0.4) is 0 Å². The van der Waals surface area contributed by atoms with Crippen LogP contribution in [0, 0.1) is 24.4 Å². The van der Waals surface area contributed by atoms with Gasteiger partial charge in [0.1, 0.15) is 36.7 Å². The van der Waals surface area contributed by atoms with Gasteiger partial charge in [-0.25, -0.2) is 23.1 Å². The van der Waals surface area contributed by atoms with Gasteiger partial charge in [-0.15, -0.1) is 0 Å². The van der Waals surface area contributed by atoms with Crippen molar-refractivity contribution < 1.29 is 27.8 Å². The zero-order valence-corrected chi connectivity index (χ0v) is 24.8. The molecule has 0 aliphatic heterocycles. The van der Waals surface area contributed by atoms with Crippen LogP contribution in [-0.4, -0.2) is 31.4 Å². The number of benzene rings is 3. The molecule has 3 heterocycles. The van der Waals surface area contributed by atoms with Crippen LogP contribution in [0.15, 0.2) is 89.9 Å². The van der Waals surface area contributed by atoms with Crippen molar-refractivity contribution in [2.24, 2.45) is 0 Å². The molecule has 0 fully saturated rings. The lowest BCUT2D eigenvalue weighted by molar-refractivity contribution is -0.0112. The van der Waals surface area contributed by atoms with E-state index in [0.29, 0.717) is 28.0 Å². The molecule has 0 atom stereocenters. The fourth-order valence-corrected chi connectivity index (χ4v) is 5.19. The molecule has 0 aliphatic carbocycles. The lowest BCUT2D eigenvalue weighted by Gasteiger charge is -2.12. The SMILES string of the molecule is Cc1ccc(COc2cccc(-c3cc(F)c(Cc4nc5ccc(COCO)cc5n4Cc4ccc[nH]c4=O)cc3F)n2)c(F)c1. The van der Waals surface area contributed by atoms with Crippen molar-refractivity contribution in [1.82, 2.24) is 19.5 Å². The average molecular weight is 627 g/mol. The topological polar surface area (TPSA) is 102 Å². The van der Waals surface area contributed by atoms with Crippen LogP contribution >= 0.6 is 0 Å². The third-order valence-electron chi connectivity index (χ3n) is 7.55. The highest BCUT2D eigenvalue weighted by Crippen LogP contribution is 2.28. The molecule has 0 aliphatic rings. The molecule has 8 nitrogen and oxygen atoms in total. The number of aryl methyl sites for hydroxylation is 1. The number of hydrogen-bond acceptors (Lipinski definition) is 6. The summed E-state index contributed by atoms with van der Waals surface area (Å²) in [4.78, 5) is 24.2. The summed E-state index contributed by atoms with van der Waals surface area (Å²) in [6.45, 7) is 1.56. The first-order valence-electron chi connectivity index (χ1n) is 14.5. The Bertz CT molecular complexity index is 2090. The molecule has 3 aromatic heterocycles. The number of rotatable bonds is 11. The number of hydrogen-bond donors (Lipinski definition) is 2. The number of nitrogens with zero attached hydrogens (tertiary/aromatic N) is 3. The standard InChI is InChI=1S/C35H29F3N4O4/c1-21-7-9-24(27(36)12-21)19-46-34-6-2-5-30(41-34)26-16-28(37)25(14-29(26)38)15-33-40-31-10-8-22(18-45-20-43)13-32(31)42(33)17-23-4-3-11-39-35(23)44/h2-14,16,43H,15,17-20H2,1H3,(H,39,44). The summed E-state index contributed by atoms with van der Waals surface area (Å²) in [7, 11) is 0. The van der Waals surface area contributed by atoms with E-state index in [4.69, 9.17) is 19.6 Å². The minimum atomic E-state index is -0.698. The molecule has 0 amide bonds. The van der Waals surface area contributed by atoms with Crippen LogP contribution in [0.1, 0.15) is 33.6 Å². The summed E-state index contributed by atoms with van der Waals surface area (Å²) in [5, 5.41) is 9.06. The van der Waals surface area contributed by atoms with Gasteiger partial charge in [-0.2, -0.15) is 0 Å². The van der Waals surface area contributed by atoms with Gasteiger partial charge in [0.25, 0.3) is 5.56 Å². The van der Waals surface area contributed by atoms with Crippen molar-refractivity contribution in [3.8, 4) is 17.1 Å². The van der Waals surface area contributed by atoms with Gasteiger partial charge >= 0.3 is 0 Å². The van der Waals surface area contributed by atoms with Gasteiger partial charge < -0.3 is 24.1 Å². The molecule has 6 aromatic rings. The van der Waals surface area contributed by atoms with E-state index in [2.05, 4.69) is 9.97 Å². The summed E-state index contributed by atoms with van der Waals surface area (Å²) in [5.74, 6) is -1.22. The maximum Gasteiger partial charge on any atom is 0.252 e. The maximum atomic E-state index is 15.6. The van der Waals surface area contributed by atoms with E-state index in [9.17, 15) is 9.18 Å². The lowest BCUT2D eigenvalue weighted by Crippen LogP contribution is -2.16. The molecular weight excluding hydrogens is 597 g/mol. The number of imidazole rings is 1. The van der Waals surface area contributed by atoms with Gasteiger partial charge in [-0.05, 0) is 66.1 Å². The van der Waals surface area contributed by atoms with Gasteiger partial charge in [0.2, 0.25) is 5.88 Å². The summed E-state index contributed by atoms with van der Waals surface area (Å²) in [6.07, 6.45) is 1.47. The number of fused-ring (bicyclic) bond motifs is 1. The third-order valence-corrected chi connectivity index (χ3v) is 7.55. The first-order chi connectivity index (χ1) is 22.3. The van der Waals surface area contributed by atoms with E-state index < -0.39 is 24.2 Å². The van der Waals surface area contributed by atoms with Crippen molar-refractivity contribution in [1.29, 1.82) is 0 Å². The Morgan fingerprint density at radius 3 is 2.50 bits per heavy atom. The third kappa shape index (κ3) is 6.70. The van der Waals surface area contributed by atoms with E-state index >= 15 is 8.78 Å². The molecule has 0 saturated heterocycles. The number of aromatic amines is 1. The Balaban J connectivity index is 1.30. The molecule has 0 unspecified atom stereocenters. The number of aliphatic hydroxyl groups is 1. The Labute approximate surface area is 261 Å². The van der Waals surface area contributed by atoms with Crippen molar-refractivity contribution >= 4 is 11.0 Å². The number of nitrogens with one attached hydrogen (secondary N) is 1. The predicted octanol–water partition coefficient (Wildman–Crippen LogP) is 6.20. The minimum absolute atomic E-state index is 0.0610. The van der Waals surface area contributed by atoms with Crippen molar-refractivity contribution in [3.05, 3.63) is 147 Å². The number of ether oxygens (including phenoxy) is 2. The summed E-state index contributed by atoms with van der Waals surface area (Å²) >= 11 is 0. The second kappa shape index (κ2) is 13.4. The fourth-order valence-electron chi connectivity index (χ4n) is 5.19. The molecule has 11 heteroatoms. The molecule has 0 spiro atoms. The molecule has 0 radical (unpaired) electrons. The second-order valence-corrected chi connectivity index (χ2v) is 10.8. The Morgan fingerprint density at radius 2 is 1.70 bits per heavy atom. The monoisotopic (exact) mass is 626 g/mol. The maximum absolute atomic E-state index is 15.6. The smallest absolute Gasteiger partial charge is 0.252 e. The lowest BCUT2D eigenvalue weighted by atomic mass is 10.0. The minimum Gasteiger partial charge on any atom is -0.473 e. The van der Waals surface area contributed by atoms with E-state index in [1.54, 1.807) is 60.0 Å². The normalized spacial score (nSPS) is 11.3. The van der Waals surface area contributed by atoms with Crippen molar-refractivity contribution in [3.63, 3.8) is 0 Å². The number of aromatic nitrogens is 4. The second-order valence-electron chi connectivity index (χ2n) is 10.8. The van der Waals surface area contributed by atoms with Gasteiger partial charge in [-0.3, -0.25) is 4.79 Å². The Morgan fingerprint density at radius 1 is 0.848 bits per heavy atom. The Kier molecular flexibility index (Phi) is 8.95. The molecule has 6 rings (SSSR count). The van der Waals surface area contributed by atoms with Gasteiger partial charge in [0.15, 0.2) is 0 Å². The van der Waals surface area contributed by atoms with Crippen LogP contribution in [0.4, 0.5) is 13.2 Å². The van der Waals surface area contributed by atoms with E-state index in [1.807, 2.05) is 6.07 Å².